The normalized spacial score (nSPS) is 27.0. The van der Waals surface area contributed by atoms with E-state index in [0.717, 1.165) is 32.1 Å². The molecule has 2 aliphatic carbocycles. The molecule has 0 unspecified atom stereocenters. The van der Waals surface area contributed by atoms with Crippen LogP contribution in [0.25, 0.3) is 11.0 Å². The summed E-state index contributed by atoms with van der Waals surface area (Å²) in [6.45, 7) is 5.28. The number of carbonyl (C=O) groups excluding carboxylic acids is 3. The van der Waals surface area contributed by atoms with Gasteiger partial charge in [0.05, 0.1) is 12.8 Å². The summed E-state index contributed by atoms with van der Waals surface area (Å²) in [5.41, 5.74) is 0.244. The Kier molecular flexibility index (Phi) is 11.3. The molecular formula is C36H50FN3O8. The summed E-state index contributed by atoms with van der Waals surface area (Å²) in [5, 5.41) is 15.8. The number of ether oxygens (including phenoxy) is 2. The van der Waals surface area contributed by atoms with Crippen molar-refractivity contribution in [2.75, 3.05) is 25.6 Å². The first-order chi connectivity index (χ1) is 22.9. The van der Waals surface area contributed by atoms with E-state index in [-0.39, 0.29) is 59.8 Å². The number of anilines is 1. The molecule has 0 bridgehead atoms. The van der Waals surface area contributed by atoms with Crippen LogP contribution in [0.4, 0.5) is 14.9 Å². The molecule has 11 nitrogen and oxygen atoms in total. The number of nitrogens with zero attached hydrogens (tertiary/aromatic N) is 1. The van der Waals surface area contributed by atoms with Gasteiger partial charge in [-0.3, -0.25) is 14.0 Å². The summed E-state index contributed by atoms with van der Waals surface area (Å²) in [5.74, 6) is -1.57. The third-order valence-corrected chi connectivity index (χ3v) is 10.5. The number of carboxylic acids is 1. The predicted molar refractivity (Wildman–Crippen MR) is 177 cm³/mol. The fourth-order valence-electron chi connectivity index (χ4n) is 8.09. The maximum Gasteiger partial charge on any atom is 0.407 e. The van der Waals surface area contributed by atoms with Gasteiger partial charge in [-0.25, -0.2) is 9.59 Å². The Hall–Kier alpha value is -3.67. The molecule has 1 aliphatic heterocycles. The first kappa shape index (κ1) is 35.6. The van der Waals surface area contributed by atoms with Gasteiger partial charge in [0.2, 0.25) is 17.6 Å². The Balaban J connectivity index is 1.29. The molecule has 1 aromatic carbocycles. The van der Waals surface area contributed by atoms with Crippen LogP contribution in [0, 0.1) is 23.7 Å². The number of alkyl carbamates (subject to hydrolysis) is 1. The van der Waals surface area contributed by atoms with Crippen molar-refractivity contribution in [1.82, 2.24) is 10.2 Å². The molecule has 2 aromatic rings. The standard InChI is InChI=1S/C36H50FN3O8/c1-36(2,3)48-35(45)39-28(15-17-37)22-5-7-23(8-6-22)33(42)40-18-16-27(21-9-12-26(46-4)13-10-21)31(40)32(41)38-25-11-14-29-24(19-25)20-30(47-29)34(43)44/h11,14,19-23,26-28,31H,5-10,12-13,15-18H2,1-4H3,(H,38,41)(H,39,45)(H,43,44)/t21?,22-,23-,26?,27-,28+,31-/m0/s1. The van der Waals surface area contributed by atoms with Gasteiger partial charge < -0.3 is 34.5 Å². The second-order valence-electron chi connectivity index (χ2n) is 14.7. The lowest BCUT2D eigenvalue weighted by molar-refractivity contribution is -0.142. The van der Waals surface area contributed by atoms with E-state index in [9.17, 15) is 28.7 Å². The highest BCUT2D eigenvalue weighted by Crippen LogP contribution is 2.42. The fourth-order valence-corrected chi connectivity index (χ4v) is 8.09. The Bertz CT molecular complexity index is 1450. The Morgan fingerprint density at radius 3 is 2.35 bits per heavy atom. The van der Waals surface area contributed by atoms with E-state index in [1.807, 2.05) is 0 Å². The molecule has 0 spiro atoms. The highest BCUT2D eigenvalue weighted by Gasteiger charge is 2.47. The van der Waals surface area contributed by atoms with Gasteiger partial charge in [-0.1, -0.05) is 0 Å². The number of carboxylic acid groups (broad SMARTS) is 1. The number of carbonyl (C=O) groups is 4. The van der Waals surface area contributed by atoms with Crippen molar-refractivity contribution in [3.8, 4) is 0 Å². The van der Waals surface area contributed by atoms with Crippen LogP contribution in [0.5, 0.6) is 0 Å². The number of benzene rings is 1. The zero-order valence-corrected chi connectivity index (χ0v) is 28.5. The molecule has 12 heteroatoms. The summed E-state index contributed by atoms with van der Waals surface area (Å²) in [6.07, 6.45) is 6.79. The topological polar surface area (TPSA) is 147 Å². The van der Waals surface area contributed by atoms with Gasteiger partial charge in [0.15, 0.2) is 0 Å². The summed E-state index contributed by atoms with van der Waals surface area (Å²) in [7, 11) is 1.73. The van der Waals surface area contributed by atoms with E-state index in [2.05, 4.69) is 10.6 Å². The Morgan fingerprint density at radius 1 is 1.02 bits per heavy atom. The quantitative estimate of drug-likeness (QED) is 0.258. The summed E-state index contributed by atoms with van der Waals surface area (Å²) < 4.78 is 29.9. The van der Waals surface area contributed by atoms with Gasteiger partial charge in [-0.05, 0) is 127 Å². The summed E-state index contributed by atoms with van der Waals surface area (Å²) in [4.78, 5) is 53.9. The smallest absolute Gasteiger partial charge is 0.407 e. The van der Waals surface area contributed by atoms with Gasteiger partial charge in [0, 0.05) is 36.7 Å². The molecule has 3 atom stereocenters. The number of aromatic carboxylic acids is 1. The average molecular weight is 672 g/mol. The van der Waals surface area contributed by atoms with Crippen molar-refractivity contribution >= 4 is 40.5 Å². The maximum absolute atomic E-state index is 14.2. The molecule has 3 N–H and O–H groups in total. The molecule has 264 valence electrons. The van der Waals surface area contributed by atoms with E-state index in [1.165, 1.54) is 6.07 Å². The molecule has 1 saturated heterocycles. The molecule has 48 heavy (non-hydrogen) atoms. The molecule has 1 aromatic heterocycles. The van der Waals surface area contributed by atoms with Gasteiger partial charge in [-0.2, -0.15) is 0 Å². The minimum atomic E-state index is -1.17. The molecule has 2 heterocycles. The molecule has 3 aliphatic rings. The minimum absolute atomic E-state index is 0.00586. The van der Waals surface area contributed by atoms with E-state index in [0.29, 0.717) is 48.9 Å². The molecule has 5 rings (SSSR count). The van der Waals surface area contributed by atoms with Gasteiger partial charge in [0.25, 0.3) is 0 Å². The van der Waals surface area contributed by atoms with Crippen molar-refractivity contribution in [2.24, 2.45) is 23.7 Å². The van der Waals surface area contributed by atoms with E-state index in [1.54, 1.807) is 51.0 Å². The number of alkyl halides is 1. The first-order valence-electron chi connectivity index (χ1n) is 17.3. The monoisotopic (exact) mass is 671 g/mol. The SMILES string of the molecule is COC1CCC([C@@H]2CCN(C(=O)[C@H]3CC[C@H]([C@@H](CCF)NC(=O)OC(C)(C)C)CC3)[C@@H]2C(=O)Nc2ccc3oc(C(=O)O)cc3c2)CC1. The largest absolute Gasteiger partial charge is 0.475 e. The Labute approximate surface area is 281 Å². The second kappa shape index (κ2) is 15.3. The van der Waals surface area contributed by atoms with Crippen molar-refractivity contribution < 1.29 is 42.6 Å². The number of rotatable bonds is 10. The van der Waals surface area contributed by atoms with Crippen LogP contribution >= 0.6 is 0 Å². The third-order valence-electron chi connectivity index (χ3n) is 10.5. The molecule has 3 fully saturated rings. The van der Waals surface area contributed by atoms with Crippen molar-refractivity contribution in [3.63, 3.8) is 0 Å². The number of methoxy groups -OCH3 is 1. The lowest BCUT2D eigenvalue weighted by Gasteiger charge is -2.38. The second-order valence-corrected chi connectivity index (χ2v) is 14.7. The van der Waals surface area contributed by atoms with Crippen LogP contribution in [0.3, 0.4) is 0 Å². The van der Waals surface area contributed by atoms with Crippen LogP contribution in [0.2, 0.25) is 0 Å². The summed E-state index contributed by atoms with van der Waals surface area (Å²) in [6, 6.07) is 5.40. The fraction of sp³-hybridized carbons (Fsp3) is 0.667. The minimum Gasteiger partial charge on any atom is -0.475 e. The number of amides is 3. The van der Waals surface area contributed by atoms with Crippen LogP contribution in [-0.2, 0) is 19.1 Å². The van der Waals surface area contributed by atoms with Crippen LogP contribution in [0.15, 0.2) is 28.7 Å². The van der Waals surface area contributed by atoms with Crippen molar-refractivity contribution in [2.45, 2.75) is 109 Å². The molecular weight excluding hydrogens is 621 g/mol. The zero-order chi connectivity index (χ0) is 34.6. The number of likely N-dealkylation sites (tertiary alicyclic amines) is 1. The van der Waals surface area contributed by atoms with Crippen molar-refractivity contribution in [3.05, 3.63) is 30.0 Å². The van der Waals surface area contributed by atoms with Crippen molar-refractivity contribution in [1.29, 1.82) is 0 Å². The lowest BCUT2D eigenvalue weighted by Crippen LogP contribution is -2.50. The van der Waals surface area contributed by atoms with Crippen LogP contribution in [-0.4, -0.2) is 78.0 Å². The Morgan fingerprint density at radius 2 is 1.73 bits per heavy atom. The maximum atomic E-state index is 14.2. The lowest BCUT2D eigenvalue weighted by atomic mass is 9.75. The number of hydrogen-bond acceptors (Lipinski definition) is 7. The molecule has 3 amide bonds. The molecule has 2 saturated carbocycles. The highest BCUT2D eigenvalue weighted by atomic mass is 19.1. The highest BCUT2D eigenvalue weighted by molar-refractivity contribution is 6.00. The number of furan rings is 1. The number of fused-ring (bicyclic) bond motifs is 1. The van der Waals surface area contributed by atoms with Gasteiger partial charge in [0.1, 0.15) is 17.2 Å². The number of nitrogens with one attached hydrogen (secondary N) is 2. The summed E-state index contributed by atoms with van der Waals surface area (Å²) >= 11 is 0. The van der Waals surface area contributed by atoms with Gasteiger partial charge >= 0.3 is 12.1 Å². The van der Waals surface area contributed by atoms with E-state index >= 15 is 0 Å². The first-order valence-corrected chi connectivity index (χ1v) is 17.3. The number of halogens is 1. The van der Waals surface area contributed by atoms with Crippen LogP contribution in [0.1, 0.15) is 95.5 Å². The predicted octanol–water partition coefficient (Wildman–Crippen LogP) is 6.55. The van der Waals surface area contributed by atoms with Crippen LogP contribution < -0.4 is 10.6 Å². The van der Waals surface area contributed by atoms with E-state index in [4.69, 9.17) is 13.9 Å². The molecule has 0 radical (unpaired) electrons. The van der Waals surface area contributed by atoms with Gasteiger partial charge in [-0.15, -0.1) is 0 Å². The third kappa shape index (κ3) is 8.48. The zero-order valence-electron chi connectivity index (χ0n) is 28.5. The number of hydrogen-bond donors (Lipinski definition) is 3. The average Bonchev–Trinajstić information content (AvgIpc) is 3.69. The van der Waals surface area contributed by atoms with E-state index < -0.39 is 30.4 Å².